The van der Waals surface area contributed by atoms with E-state index in [-0.39, 0.29) is 6.04 Å². The third-order valence-electron chi connectivity index (χ3n) is 4.08. The molecular formula is C18H21N3OS2. The first-order chi connectivity index (χ1) is 11.5. The summed E-state index contributed by atoms with van der Waals surface area (Å²) in [5, 5.41) is 3.22. The van der Waals surface area contributed by atoms with Crippen molar-refractivity contribution >= 4 is 38.2 Å². The van der Waals surface area contributed by atoms with Crippen LogP contribution >= 0.6 is 11.3 Å². The Morgan fingerprint density at radius 1 is 1.25 bits per heavy atom. The fourth-order valence-electron chi connectivity index (χ4n) is 2.77. The minimum absolute atomic E-state index is 0.136. The van der Waals surface area contributed by atoms with Gasteiger partial charge in [0.25, 0.3) is 0 Å². The monoisotopic (exact) mass is 359 g/mol. The number of fused-ring (bicyclic) bond motifs is 1. The van der Waals surface area contributed by atoms with E-state index in [4.69, 9.17) is 4.98 Å². The Hall–Kier alpha value is -1.79. The summed E-state index contributed by atoms with van der Waals surface area (Å²) in [5.74, 6) is 2.29. The van der Waals surface area contributed by atoms with Gasteiger partial charge in [0.2, 0.25) is 0 Å². The Morgan fingerprint density at radius 2 is 1.96 bits per heavy atom. The first-order valence-corrected chi connectivity index (χ1v) is 10.4. The lowest BCUT2D eigenvalue weighted by Gasteiger charge is -2.26. The minimum Gasteiger partial charge on any atom is -0.355 e. The second-order valence-corrected chi connectivity index (χ2v) is 8.33. The number of aryl methyl sites for hydroxylation is 1. The van der Waals surface area contributed by atoms with Crippen LogP contribution in [0.2, 0.25) is 0 Å². The van der Waals surface area contributed by atoms with Crippen LogP contribution in [0.15, 0.2) is 35.7 Å². The molecule has 126 valence electrons. The Morgan fingerprint density at radius 3 is 2.62 bits per heavy atom. The van der Waals surface area contributed by atoms with Gasteiger partial charge in [0.1, 0.15) is 16.5 Å². The molecule has 0 N–H and O–H groups in total. The van der Waals surface area contributed by atoms with Crippen molar-refractivity contribution in [3.8, 4) is 11.1 Å². The average molecular weight is 360 g/mol. The number of aromatic nitrogens is 2. The van der Waals surface area contributed by atoms with E-state index in [1.54, 1.807) is 17.6 Å². The molecule has 0 aliphatic rings. The molecule has 0 amide bonds. The topological polar surface area (TPSA) is 46.1 Å². The van der Waals surface area contributed by atoms with Gasteiger partial charge in [-0.25, -0.2) is 9.97 Å². The number of nitrogens with zero attached hydrogens (tertiary/aromatic N) is 3. The Labute approximate surface area is 149 Å². The van der Waals surface area contributed by atoms with E-state index in [0.717, 1.165) is 33.0 Å². The molecule has 0 spiro atoms. The zero-order valence-corrected chi connectivity index (χ0v) is 15.9. The molecule has 0 saturated carbocycles. The summed E-state index contributed by atoms with van der Waals surface area (Å²) in [7, 11) is 1.18. The third kappa shape index (κ3) is 3.35. The highest BCUT2D eigenvalue weighted by molar-refractivity contribution is 7.84. The Balaban J connectivity index is 2.16. The van der Waals surface area contributed by atoms with Crippen LogP contribution in [0.5, 0.6) is 0 Å². The van der Waals surface area contributed by atoms with E-state index in [1.165, 1.54) is 0 Å². The zero-order chi connectivity index (χ0) is 17.3. The predicted molar refractivity (Wildman–Crippen MR) is 104 cm³/mol. The first kappa shape index (κ1) is 17.0. The van der Waals surface area contributed by atoms with Crippen LogP contribution < -0.4 is 4.90 Å². The largest absolute Gasteiger partial charge is 0.355 e. The van der Waals surface area contributed by atoms with Crippen LogP contribution in [0.1, 0.15) is 12.7 Å². The van der Waals surface area contributed by atoms with Gasteiger partial charge in [0, 0.05) is 46.8 Å². The van der Waals surface area contributed by atoms with Crippen molar-refractivity contribution < 1.29 is 4.21 Å². The predicted octanol–water partition coefficient (Wildman–Crippen LogP) is 3.87. The molecule has 1 aromatic carbocycles. The maximum Gasteiger partial charge on any atom is 0.141 e. The number of thiophene rings is 1. The molecule has 0 aliphatic heterocycles. The molecule has 24 heavy (non-hydrogen) atoms. The molecule has 0 unspecified atom stereocenters. The number of anilines is 1. The molecule has 0 aliphatic carbocycles. The fourth-order valence-corrected chi connectivity index (χ4v) is 4.66. The second kappa shape index (κ2) is 6.99. The first-order valence-electron chi connectivity index (χ1n) is 7.81. The molecule has 0 fully saturated rings. The number of rotatable bonds is 5. The SMILES string of the molecule is Cc1nc(N(C)[C@@H](C)C[S@@](C)=O)c2c(-c3ccccc3)csc2n1. The van der Waals surface area contributed by atoms with Crippen LogP contribution in [0.25, 0.3) is 21.3 Å². The van der Waals surface area contributed by atoms with Crippen molar-refractivity contribution in [2.75, 3.05) is 24.0 Å². The maximum absolute atomic E-state index is 11.6. The lowest BCUT2D eigenvalue weighted by Crippen LogP contribution is -2.34. The van der Waals surface area contributed by atoms with E-state index in [9.17, 15) is 4.21 Å². The van der Waals surface area contributed by atoms with E-state index >= 15 is 0 Å². The van der Waals surface area contributed by atoms with E-state index in [2.05, 4.69) is 34.3 Å². The number of benzene rings is 1. The molecule has 4 nitrogen and oxygen atoms in total. The average Bonchev–Trinajstić information content (AvgIpc) is 2.97. The second-order valence-electron chi connectivity index (χ2n) is 5.99. The molecule has 2 aromatic heterocycles. The van der Waals surface area contributed by atoms with Crippen molar-refractivity contribution in [2.24, 2.45) is 0 Å². The van der Waals surface area contributed by atoms with Gasteiger partial charge in [0.15, 0.2) is 0 Å². The van der Waals surface area contributed by atoms with Crippen LogP contribution in [-0.2, 0) is 10.8 Å². The van der Waals surface area contributed by atoms with Gasteiger partial charge in [0.05, 0.1) is 5.39 Å². The Bertz CT molecular complexity index is 877. The molecular weight excluding hydrogens is 338 g/mol. The third-order valence-corrected chi connectivity index (χ3v) is 5.91. The normalized spacial score (nSPS) is 13.8. The van der Waals surface area contributed by atoms with Gasteiger partial charge in [-0.1, -0.05) is 30.3 Å². The lowest BCUT2D eigenvalue weighted by atomic mass is 10.1. The summed E-state index contributed by atoms with van der Waals surface area (Å²) in [6.07, 6.45) is 1.74. The molecule has 3 rings (SSSR count). The van der Waals surface area contributed by atoms with Crippen molar-refractivity contribution in [3.05, 3.63) is 41.5 Å². The van der Waals surface area contributed by atoms with Gasteiger partial charge < -0.3 is 4.90 Å². The van der Waals surface area contributed by atoms with Gasteiger partial charge in [-0.15, -0.1) is 11.3 Å². The maximum atomic E-state index is 11.6. The Kier molecular flexibility index (Phi) is 4.96. The summed E-state index contributed by atoms with van der Waals surface area (Å²) in [5.41, 5.74) is 2.32. The molecule has 0 bridgehead atoms. The van der Waals surface area contributed by atoms with Gasteiger partial charge in [-0.2, -0.15) is 0 Å². The molecule has 0 radical (unpaired) electrons. The molecule has 3 aromatic rings. The van der Waals surface area contributed by atoms with E-state index in [0.29, 0.717) is 5.75 Å². The minimum atomic E-state index is -0.843. The summed E-state index contributed by atoms with van der Waals surface area (Å²) < 4.78 is 11.6. The quantitative estimate of drug-likeness (QED) is 0.694. The summed E-state index contributed by atoms with van der Waals surface area (Å²) in [6.45, 7) is 4.00. The fraction of sp³-hybridized carbons (Fsp3) is 0.333. The molecule has 2 heterocycles. The van der Waals surface area contributed by atoms with Crippen molar-refractivity contribution in [1.82, 2.24) is 9.97 Å². The number of hydrogen-bond acceptors (Lipinski definition) is 5. The highest BCUT2D eigenvalue weighted by Crippen LogP contribution is 2.38. The van der Waals surface area contributed by atoms with Gasteiger partial charge in [-0.05, 0) is 19.4 Å². The van der Waals surface area contributed by atoms with Crippen LogP contribution in [-0.4, -0.2) is 39.3 Å². The summed E-state index contributed by atoms with van der Waals surface area (Å²) in [6, 6.07) is 10.5. The van der Waals surface area contributed by atoms with E-state index < -0.39 is 10.8 Å². The van der Waals surface area contributed by atoms with Gasteiger partial charge in [-0.3, -0.25) is 4.21 Å². The zero-order valence-electron chi connectivity index (χ0n) is 14.3. The highest BCUT2D eigenvalue weighted by Gasteiger charge is 2.20. The van der Waals surface area contributed by atoms with Crippen LogP contribution in [0.3, 0.4) is 0 Å². The summed E-state index contributed by atoms with van der Waals surface area (Å²) >= 11 is 1.64. The summed E-state index contributed by atoms with van der Waals surface area (Å²) in [4.78, 5) is 12.4. The van der Waals surface area contributed by atoms with Crippen LogP contribution in [0, 0.1) is 6.92 Å². The van der Waals surface area contributed by atoms with Crippen LogP contribution in [0.4, 0.5) is 5.82 Å². The number of hydrogen-bond donors (Lipinski definition) is 0. The highest BCUT2D eigenvalue weighted by atomic mass is 32.2. The van der Waals surface area contributed by atoms with E-state index in [1.807, 2.05) is 32.2 Å². The molecule has 2 atom stereocenters. The smallest absolute Gasteiger partial charge is 0.141 e. The molecule has 6 heteroatoms. The lowest BCUT2D eigenvalue weighted by molar-refractivity contribution is 0.674. The molecule has 0 saturated heterocycles. The van der Waals surface area contributed by atoms with Crippen molar-refractivity contribution in [3.63, 3.8) is 0 Å². The standard InChI is InChI=1S/C18H21N3OS2/c1-12(11-24(4)22)21(3)17-16-15(14-8-6-5-7-9-14)10-23-18(16)20-13(2)19-17/h5-10,12H,11H2,1-4H3/t12-,24+/m0/s1. The van der Waals surface area contributed by atoms with Crippen molar-refractivity contribution in [1.29, 1.82) is 0 Å². The van der Waals surface area contributed by atoms with Crippen molar-refractivity contribution in [2.45, 2.75) is 19.9 Å². The van der Waals surface area contributed by atoms with Gasteiger partial charge >= 0.3 is 0 Å².